The molecule has 0 amide bonds. The molecule has 0 bridgehead atoms. The maximum Gasteiger partial charge on any atom is 0.304 e. The fourth-order valence-electron chi connectivity index (χ4n) is 1.98. The van der Waals surface area contributed by atoms with Gasteiger partial charge in [0, 0.05) is 23.9 Å². The quantitative estimate of drug-likeness (QED) is 0.783. The van der Waals surface area contributed by atoms with E-state index in [1.807, 2.05) is 0 Å². The highest BCUT2D eigenvalue weighted by molar-refractivity contribution is 5.99. The SMILES string of the molecule is CC(CC(=O)O)C(=O)c1ccc(OCC(=O)n2ccnc2)cc1. The second kappa shape index (κ2) is 7.35. The van der Waals surface area contributed by atoms with Crippen LogP contribution in [-0.4, -0.2) is 38.9 Å². The van der Waals surface area contributed by atoms with Crippen LogP contribution in [0.3, 0.4) is 0 Å². The van der Waals surface area contributed by atoms with Gasteiger partial charge in [0.2, 0.25) is 0 Å². The molecule has 1 atom stereocenters. The van der Waals surface area contributed by atoms with E-state index < -0.39 is 11.9 Å². The van der Waals surface area contributed by atoms with E-state index in [0.717, 1.165) is 0 Å². The maximum atomic E-state index is 12.0. The highest BCUT2D eigenvalue weighted by atomic mass is 16.5. The molecule has 1 N–H and O–H groups in total. The molecule has 7 heteroatoms. The number of benzene rings is 1. The van der Waals surface area contributed by atoms with Gasteiger partial charge in [0.1, 0.15) is 12.1 Å². The number of ketones is 1. The Balaban J connectivity index is 1.93. The second-order valence-corrected chi connectivity index (χ2v) is 5.04. The Morgan fingerprint density at radius 2 is 1.96 bits per heavy atom. The summed E-state index contributed by atoms with van der Waals surface area (Å²) in [6.45, 7) is 1.42. The van der Waals surface area contributed by atoms with Gasteiger partial charge in [-0.3, -0.25) is 19.0 Å². The standard InChI is InChI=1S/C16H16N2O5/c1-11(8-15(20)21)16(22)12-2-4-13(5-3-12)23-9-14(19)18-7-6-17-10-18/h2-7,10-11H,8-9H2,1H3,(H,20,21). The average molecular weight is 316 g/mol. The maximum absolute atomic E-state index is 12.0. The number of rotatable bonds is 7. The van der Waals surface area contributed by atoms with E-state index in [4.69, 9.17) is 9.84 Å². The monoisotopic (exact) mass is 316 g/mol. The van der Waals surface area contributed by atoms with Crippen molar-refractivity contribution < 1.29 is 24.2 Å². The third-order valence-corrected chi connectivity index (χ3v) is 3.22. The lowest BCUT2D eigenvalue weighted by molar-refractivity contribution is -0.137. The van der Waals surface area contributed by atoms with Gasteiger partial charge in [0.05, 0.1) is 6.42 Å². The van der Waals surface area contributed by atoms with Crippen LogP contribution in [0.5, 0.6) is 5.75 Å². The van der Waals surface area contributed by atoms with E-state index in [1.165, 1.54) is 23.3 Å². The zero-order valence-electron chi connectivity index (χ0n) is 12.5. The molecule has 7 nitrogen and oxygen atoms in total. The molecule has 0 saturated heterocycles. The summed E-state index contributed by atoms with van der Waals surface area (Å²) in [6, 6.07) is 6.25. The van der Waals surface area contributed by atoms with Crippen LogP contribution in [0, 0.1) is 5.92 Å². The number of hydrogen-bond donors (Lipinski definition) is 1. The Labute approximate surface area is 132 Å². The van der Waals surface area contributed by atoms with E-state index in [-0.39, 0.29) is 24.7 Å². The highest BCUT2D eigenvalue weighted by Crippen LogP contribution is 2.17. The molecule has 0 fully saturated rings. The Morgan fingerprint density at radius 1 is 1.26 bits per heavy atom. The smallest absolute Gasteiger partial charge is 0.304 e. The molecule has 120 valence electrons. The fourth-order valence-corrected chi connectivity index (χ4v) is 1.98. The van der Waals surface area contributed by atoms with E-state index in [2.05, 4.69) is 4.98 Å². The molecule has 1 heterocycles. The van der Waals surface area contributed by atoms with Crippen molar-refractivity contribution >= 4 is 17.7 Å². The minimum atomic E-state index is -1.01. The van der Waals surface area contributed by atoms with Gasteiger partial charge in [0.15, 0.2) is 12.4 Å². The lowest BCUT2D eigenvalue weighted by Gasteiger charge is -2.09. The molecule has 0 radical (unpaired) electrons. The number of nitrogens with zero attached hydrogens (tertiary/aromatic N) is 2. The number of carbonyl (C=O) groups is 3. The lowest BCUT2D eigenvalue weighted by Crippen LogP contribution is -2.18. The Morgan fingerprint density at radius 3 is 2.52 bits per heavy atom. The first-order chi connectivity index (χ1) is 11.0. The number of aromatic nitrogens is 2. The third-order valence-electron chi connectivity index (χ3n) is 3.22. The van der Waals surface area contributed by atoms with Crippen molar-refractivity contribution in [3.05, 3.63) is 48.5 Å². The van der Waals surface area contributed by atoms with E-state index in [0.29, 0.717) is 11.3 Å². The van der Waals surface area contributed by atoms with Gasteiger partial charge in [-0.05, 0) is 24.3 Å². The summed E-state index contributed by atoms with van der Waals surface area (Å²) in [4.78, 5) is 38.2. The van der Waals surface area contributed by atoms with Gasteiger partial charge in [-0.15, -0.1) is 0 Å². The predicted molar refractivity (Wildman–Crippen MR) is 80.5 cm³/mol. The minimum Gasteiger partial charge on any atom is -0.484 e. The summed E-state index contributed by atoms with van der Waals surface area (Å²) >= 11 is 0. The molecule has 0 spiro atoms. The first kappa shape index (κ1) is 16.4. The molecular formula is C16H16N2O5. The van der Waals surface area contributed by atoms with Gasteiger partial charge in [0.25, 0.3) is 5.91 Å². The van der Waals surface area contributed by atoms with Crippen molar-refractivity contribution in [1.82, 2.24) is 9.55 Å². The van der Waals surface area contributed by atoms with Crippen LogP contribution in [0.25, 0.3) is 0 Å². The van der Waals surface area contributed by atoms with Gasteiger partial charge >= 0.3 is 5.97 Å². The molecule has 2 aromatic rings. The first-order valence-corrected chi connectivity index (χ1v) is 6.97. The predicted octanol–water partition coefficient (Wildman–Crippen LogP) is 1.90. The number of ether oxygens (including phenoxy) is 1. The van der Waals surface area contributed by atoms with Gasteiger partial charge < -0.3 is 9.84 Å². The third kappa shape index (κ3) is 4.50. The molecule has 1 unspecified atom stereocenters. The van der Waals surface area contributed by atoms with Crippen LogP contribution in [0.15, 0.2) is 43.0 Å². The number of carboxylic acid groups (broad SMARTS) is 1. The van der Waals surface area contributed by atoms with E-state index in [1.54, 1.807) is 31.2 Å². The average Bonchev–Trinajstić information content (AvgIpc) is 3.06. The molecule has 0 aliphatic rings. The number of imidazole rings is 1. The topological polar surface area (TPSA) is 98.5 Å². The number of carbonyl (C=O) groups excluding carboxylic acids is 2. The fraction of sp³-hybridized carbons (Fsp3) is 0.250. The summed E-state index contributed by atoms with van der Waals surface area (Å²) in [5.74, 6) is -1.67. The molecule has 0 aliphatic heterocycles. The molecular weight excluding hydrogens is 300 g/mol. The highest BCUT2D eigenvalue weighted by Gasteiger charge is 2.18. The number of Topliss-reactive ketones (excluding diaryl/α,β-unsaturated/α-hetero) is 1. The van der Waals surface area contributed by atoms with Crippen LogP contribution in [-0.2, 0) is 4.79 Å². The van der Waals surface area contributed by atoms with Gasteiger partial charge in [-0.1, -0.05) is 6.92 Å². The Hall–Kier alpha value is -2.96. The summed E-state index contributed by atoms with van der Waals surface area (Å²) in [5.41, 5.74) is 0.409. The van der Waals surface area contributed by atoms with E-state index in [9.17, 15) is 14.4 Å². The number of hydrogen-bond acceptors (Lipinski definition) is 5. The van der Waals surface area contributed by atoms with Crippen molar-refractivity contribution in [2.75, 3.05) is 6.61 Å². The summed E-state index contributed by atoms with van der Waals surface area (Å²) < 4.78 is 6.66. The number of aliphatic carboxylic acids is 1. The zero-order chi connectivity index (χ0) is 16.8. The first-order valence-electron chi connectivity index (χ1n) is 6.97. The van der Waals surface area contributed by atoms with E-state index >= 15 is 0 Å². The van der Waals surface area contributed by atoms with Crippen LogP contribution in [0.1, 0.15) is 28.5 Å². The Kier molecular flexibility index (Phi) is 5.24. The van der Waals surface area contributed by atoms with Crippen molar-refractivity contribution in [3.8, 4) is 5.75 Å². The summed E-state index contributed by atoms with van der Waals surface area (Å²) in [5, 5.41) is 8.71. The Bertz CT molecular complexity index is 692. The molecule has 2 rings (SSSR count). The summed E-state index contributed by atoms with van der Waals surface area (Å²) in [6.07, 6.45) is 4.20. The van der Waals surface area contributed by atoms with Crippen molar-refractivity contribution in [2.45, 2.75) is 13.3 Å². The zero-order valence-corrected chi connectivity index (χ0v) is 12.5. The van der Waals surface area contributed by atoms with Crippen LogP contribution >= 0.6 is 0 Å². The van der Waals surface area contributed by atoms with Crippen LogP contribution in [0.4, 0.5) is 0 Å². The van der Waals surface area contributed by atoms with Crippen LogP contribution in [0.2, 0.25) is 0 Å². The molecule has 1 aromatic carbocycles. The van der Waals surface area contributed by atoms with Crippen LogP contribution < -0.4 is 4.74 Å². The molecule has 0 saturated carbocycles. The lowest BCUT2D eigenvalue weighted by atomic mass is 9.96. The molecule has 0 aliphatic carbocycles. The second-order valence-electron chi connectivity index (χ2n) is 5.04. The van der Waals surface area contributed by atoms with Crippen molar-refractivity contribution in [2.24, 2.45) is 5.92 Å². The summed E-state index contributed by atoms with van der Waals surface area (Å²) in [7, 11) is 0. The molecule has 23 heavy (non-hydrogen) atoms. The number of carboxylic acids is 1. The van der Waals surface area contributed by atoms with Crippen molar-refractivity contribution in [3.63, 3.8) is 0 Å². The normalized spacial score (nSPS) is 11.7. The van der Waals surface area contributed by atoms with Gasteiger partial charge in [-0.2, -0.15) is 0 Å². The molecule has 1 aromatic heterocycles. The largest absolute Gasteiger partial charge is 0.484 e. The van der Waals surface area contributed by atoms with Crippen molar-refractivity contribution in [1.29, 1.82) is 0 Å². The minimum absolute atomic E-state index is 0.154. The van der Waals surface area contributed by atoms with Gasteiger partial charge in [-0.25, -0.2) is 4.98 Å².